The summed E-state index contributed by atoms with van der Waals surface area (Å²) in [5.41, 5.74) is 10.1. The Balaban J connectivity index is 2.00. The molecule has 3 rings (SSSR count). The Kier molecular flexibility index (Phi) is 3.51. The molecule has 0 unspecified atom stereocenters. The minimum atomic E-state index is 0.631. The summed E-state index contributed by atoms with van der Waals surface area (Å²) in [5.74, 6) is 0.631. The fourth-order valence-electron chi connectivity index (χ4n) is 3.14. The number of aromatic nitrogens is 3. The predicted octanol–water partition coefficient (Wildman–Crippen LogP) is 2.59. The quantitative estimate of drug-likeness (QED) is 0.920. The van der Waals surface area contributed by atoms with Gasteiger partial charge in [0, 0.05) is 12.3 Å². The summed E-state index contributed by atoms with van der Waals surface area (Å²) in [6, 6.07) is 4.26. The SMILES string of the molecule is Cc1nc2ccc(C3CCCCC3)nn2c1CCN. The maximum absolute atomic E-state index is 5.69. The van der Waals surface area contributed by atoms with Gasteiger partial charge in [0.1, 0.15) is 0 Å². The monoisotopic (exact) mass is 258 g/mol. The Labute approximate surface area is 114 Å². The van der Waals surface area contributed by atoms with Crippen molar-refractivity contribution in [2.45, 2.75) is 51.4 Å². The van der Waals surface area contributed by atoms with Crippen LogP contribution < -0.4 is 5.73 Å². The van der Waals surface area contributed by atoms with E-state index in [0.29, 0.717) is 12.5 Å². The minimum absolute atomic E-state index is 0.631. The van der Waals surface area contributed by atoms with E-state index < -0.39 is 0 Å². The zero-order valence-corrected chi connectivity index (χ0v) is 11.6. The lowest BCUT2D eigenvalue weighted by Gasteiger charge is -2.20. The molecule has 102 valence electrons. The zero-order chi connectivity index (χ0) is 13.2. The molecular weight excluding hydrogens is 236 g/mol. The number of hydrogen-bond acceptors (Lipinski definition) is 3. The van der Waals surface area contributed by atoms with Crippen LogP contribution in [0.3, 0.4) is 0 Å². The molecule has 2 heterocycles. The van der Waals surface area contributed by atoms with Gasteiger partial charge < -0.3 is 5.73 Å². The number of aryl methyl sites for hydroxylation is 1. The lowest BCUT2D eigenvalue weighted by Crippen LogP contribution is -2.11. The molecule has 1 saturated carbocycles. The molecule has 19 heavy (non-hydrogen) atoms. The highest BCUT2D eigenvalue weighted by Gasteiger charge is 2.18. The van der Waals surface area contributed by atoms with E-state index in [1.807, 2.05) is 11.4 Å². The molecule has 0 aliphatic heterocycles. The summed E-state index contributed by atoms with van der Waals surface area (Å²) in [6.07, 6.45) is 7.44. The molecule has 4 nitrogen and oxygen atoms in total. The van der Waals surface area contributed by atoms with Crippen molar-refractivity contribution in [2.75, 3.05) is 6.54 Å². The molecule has 0 aromatic carbocycles. The van der Waals surface area contributed by atoms with Gasteiger partial charge in [-0.15, -0.1) is 0 Å². The molecule has 2 N–H and O–H groups in total. The van der Waals surface area contributed by atoms with Crippen LogP contribution in [0.2, 0.25) is 0 Å². The van der Waals surface area contributed by atoms with E-state index in [-0.39, 0.29) is 0 Å². The van der Waals surface area contributed by atoms with Crippen molar-refractivity contribution in [3.63, 3.8) is 0 Å². The van der Waals surface area contributed by atoms with Crippen molar-refractivity contribution in [1.82, 2.24) is 14.6 Å². The van der Waals surface area contributed by atoms with E-state index in [2.05, 4.69) is 17.1 Å². The average Bonchev–Trinajstić information content (AvgIpc) is 2.76. The van der Waals surface area contributed by atoms with Crippen LogP contribution in [0.1, 0.15) is 55.1 Å². The highest BCUT2D eigenvalue weighted by molar-refractivity contribution is 5.42. The average molecular weight is 258 g/mol. The molecular formula is C15H22N4. The highest BCUT2D eigenvalue weighted by Crippen LogP contribution is 2.31. The van der Waals surface area contributed by atoms with Gasteiger partial charge in [-0.1, -0.05) is 19.3 Å². The zero-order valence-electron chi connectivity index (χ0n) is 11.6. The van der Waals surface area contributed by atoms with Gasteiger partial charge in [-0.3, -0.25) is 0 Å². The van der Waals surface area contributed by atoms with Crippen molar-refractivity contribution in [2.24, 2.45) is 5.73 Å². The molecule has 2 aromatic rings. The third-order valence-corrected chi connectivity index (χ3v) is 4.20. The van der Waals surface area contributed by atoms with Crippen LogP contribution in [-0.2, 0) is 6.42 Å². The molecule has 2 aromatic heterocycles. The summed E-state index contributed by atoms with van der Waals surface area (Å²) >= 11 is 0. The number of hydrogen-bond donors (Lipinski definition) is 1. The summed E-state index contributed by atoms with van der Waals surface area (Å²) in [6.45, 7) is 2.68. The van der Waals surface area contributed by atoms with Gasteiger partial charge >= 0.3 is 0 Å². The van der Waals surface area contributed by atoms with Crippen LogP contribution >= 0.6 is 0 Å². The lowest BCUT2D eigenvalue weighted by atomic mass is 9.87. The number of rotatable bonds is 3. The van der Waals surface area contributed by atoms with Gasteiger partial charge in [0.15, 0.2) is 5.65 Å². The molecule has 1 aliphatic rings. The first-order valence-corrected chi connectivity index (χ1v) is 7.35. The first-order chi connectivity index (χ1) is 9.29. The van der Waals surface area contributed by atoms with E-state index in [1.165, 1.54) is 37.8 Å². The molecule has 0 amide bonds. The molecule has 0 atom stereocenters. The topological polar surface area (TPSA) is 56.2 Å². The molecule has 0 saturated heterocycles. The molecule has 1 fully saturated rings. The van der Waals surface area contributed by atoms with Gasteiger partial charge in [0.25, 0.3) is 0 Å². The van der Waals surface area contributed by atoms with Crippen molar-refractivity contribution < 1.29 is 0 Å². The standard InChI is InChI=1S/C15H22N4/c1-11-14(9-10-16)19-15(17-11)8-7-13(18-19)12-5-3-2-4-6-12/h7-8,12H,2-6,9-10,16H2,1H3. The fourth-order valence-corrected chi connectivity index (χ4v) is 3.14. The Morgan fingerprint density at radius 1 is 1.26 bits per heavy atom. The minimum Gasteiger partial charge on any atom is -0.330 e. The van der Waals surface area contributed by atoms with Crippen LogP contribution in [0.25, 0.3) is 5.65 Å². The molecule has 0 radical (unpaired) electrons. The second-order valence-electron chi connectivity index (χ2n) is 5.55. The van der Waals surface area contributed by atoms with Gasteiger partial charge in [-0.2, -0.15) is 5.10 Å². The van der Waals surface area contributed by atoms with Crippen molar-refractivity contribution in [3.05, 3.63) is 29.2 Å². The van der Waals surface area contributed by atoms with Crippen LogP contribution in [0.5, 0.6) is 0 Å². The summed E-state index contributed by atoms with van der Waals surface area (Å²) in [5, 5.41) is 4.84. The van der Waals surface area contributed by atoms with Crippen molar-refractivity contribution in [3.8, 4) is 0 Å². The molecule has 0 bridgehead atoms. The van der Waals surface area contributed by atoms with E-state index in [0.717, 1.165) is 23.5 Å². The summed E-state index contributed by atoms with van der Waals surface area (Å²) < 4.78 is 2.01. The van der Waals surface area contributed by atoms with Crippen molar-refractivity contribution >= 4 is 5.65 Å². The lowest BCUT2D eigenvalue weighted by molar-refractivity contribution is 0.432. The number of nitrogens with zero attached hydrogens (tertiary/aromatic N) is 3. The Bertz CT molecular complexity index is 567. The normalized spacial score (nSPS) is 17.2. The van der Waals surface area contributed by atoms with E-state index >= 15 is 0 Å². The molecule has 1 aliphatic carbocycles. The van der Waals surface area contributed by atoms with Gasteiger partial charge in [0.05, 0.1) is 17.1 Å². The summed E-state index contributed by atoms with van der Waals surface area (Å²) in [4.78, 5) is 4.56. The first-order valence-electron chi connectivity index (χ1n) is 7.35. The fraction of sp³-hybridized carbons (Fsp3) is 0.600. The van der Waals surface area contributed by atoms with Crippen LogP contribution in [0.4, 0.5) is 0 Å². The van der Waals surface area contributed by atoms with Crippen LogP contribution in [-0.4, -0.2) is 21.1 Å². The van der Waals surface area contributed by atoms with E-state index in [4.69, 9.17) is 10.8 Å². The third kappa shape index (κ3) is 2.37. The second kappa shape index (κ2) is 5.29. The summed E-state index contributed by atoms with van der Waals surface area (Å²) in [7, 11) is 0. The smallest absolute Gasteiger partial charge is 0.154 e. The number of fused-ring (bicyclic) bond motifs is 1. The van der Waals surface area contributed by atoms with Crippen molar-refractivity contribution in [1.29, 1.82) is 0 Å². The molecule has 0 spiro atoms. The van der Waals surface area contributed by atoms with Crippen LogP contribution in [0, 0.1) is 6.92 Å². The highest BCUT2D eigenvalue weighted by atomic mass is 15.3. The first kappa shape index (κ1) is 12.6. The molecule has 4 heteroatoms. The Morgan fingerprint density at radius 2 is 2.05 bits per heavy atom. The van der Waals surface area contributed by atoms with Crippen LogP contribution in [0.15, 0.2) is 12.1 Å². The van der Waals surface area contributed by atoms with E-state index in [9.17, 15) is 0 Å². The van der Waals surface area contributed by atoms with Gasteiger partial charge in [-0.25, -0.2) is 9.50 Å². The van der Waals surface area contributed by atoms with E-state index in [1.54, 1.807) is 0 Å². The Hall–Kier alpha value is -1.42. The van der Waals surface area contributed by atoms with Gasteiger partial charge in [-0.05, 0) is 38.4 Å². The maximum atomic E-state index is 5.69. The number of nitrogens with two attached hydrogens (primary N) is 1. The predicted molar refractivity (Wildman–Crippen MR) is 76.3 cm³/mol. The largest absolute Gasteiger partial charge is 0.330 e. The number of imidazole rings is 1. The Morgan fingerprint density at radius 3 is 2.79 bits per heavy atom. The maximum Gasteiger partial charge on any atom is 0.154 e. The third-order valence-electron chi connectivity index (χ3n) is 4.20. The second-order valence-corrected chi connectivity index (χ2v) is 5.55. The van der Waals surface area contributed by atoms with Gasteiger partial charge in [0.2, 0.25) is 0 Å².